The zero-order valence-electron chi connectivity index (χ0n) is 19.3. The van der Waals surface area contributed by atoms with Gasteiger partial charge in [-0.1, -0.05) is 51.5 Å². The van der Waals surface area contributed by atoms with Gasteiger partial charge in [0.1, 0.15) is 5.82 Å². The second-order valence-corrected chi connectivity index (χ2v) is 10.7. The van der Waals surface area contributed by atoms with E-state index in [2.05, 4.69) is 6.92 Å². The van der Waals surface area contributed by atoms with Crippen LogP contribution in [0.2, 0.25) is 0 Å². The Morgan fingerprint density at radius 3 is 2.09 bits per heavy atom. The molecule has 32 heavy (non-hydrogen) atoms. The molecule has 0 atom stereocenters. The van der Waals surface area contributed by atoms with Crippen molar-refractivity contribution in [2.75, 3.05) is 0 Å². The Morgan fingerprint density at radius 2 is 1.47 bits per heavy atom. The van der Waals surface area contributed by atoms with Crippen molar-refractivity contribution in [3.8, 4) is 0 Å². The molecule has 2 saturated carbocycles. The largest absolute Gasteiger partial charge is 0.338 e. The van der Waals surface area contributed by atoms with Crippen LogP contribution < -0.4 is 0 Å². The lowest BCUT2D eigenvalue weighted by Gasteiger charge is -2.38. The summed E-state index contributed by atoms with van der Waals surface area (Å²) in [6.45, 7) is 2.25. The minimum Gasteiger partial charge on any atom is -0.206 e. The van der Waals surface area contributed by atoms with Crippen molar-refractivity contribution in [3.05, 3.63) is 34.6 Å². The molecule has 2 fully saturated rings. The van der Waals surface area contributed by atoms with Crippen LogP contribution in [0.15, 0.2) is 12.1 Å². The summed E-state index contributed by atoms with van der Waals surface area (Å²) in [4.78, 5) is 0. The standard InChI is InChI=1S/C27H37F5/c1-2-3-4-5-18-6-8-19(9-7-18)20-10-12-21(13-11-20)23-16-22-14-15-26(29,30)27(31,32)25(22)24(28)17-23/h16-21H,2-15H2,1H3. The molecule has 0 amide bonds. The molecule has 180 valence electrons. The van der Waals surface area contributed by atoms with Crippen molar-refractivity contribution in [3.63, 3.8) is 0 Å². The number of halogens is 5. The third-order valence-corrected chi connectivity index (χ3v) is 8.69. The summed E-state index contributed by atoms with van der Waals surface area (Å²) in [5.41, 5.74) is -0.290. The van der Waals surface area contributed by atoms with Crippen molar-refractivity contribution in [1.82, 2.24) is 0 Å². The lowest BCUT2D eigenvalue weighted by Crippen LogP contribution is -2.43. The molecule has 0 nitrogen and oxygen atoms in total. The van der Waals surface area contributed by atoms with Gasteiger partial charge < -0.3 is 0 Å². The first kappa shape index (κ1) is 24.0. The average molecular weight is 457 g/mol. The summed E-state index contributed by atoms with van der Waals surface area (Å²) in [7, 11) is 0. The summed E-state index contributed by atoms with van der Waals surface area (Å²) in [5, 5.41) is 0. The summed E-state index contributed by atoms with van der Waals surface area (Å²) in [6, 6.07) is 2.70. The molecule has 0 aromatic heterocycles. The molecule has 0 bridgehead atoms. The fraction of sp³-hybridized carbons (Fsp3) is 0.778. The van der Waals surface area contributed by atoms with Gasteiger partial charge >= 0.3 is 11.8 Å². The molecule has 0 unspecified atom stereocenters. The SMILES string of the molecule is CCCCCC1CCC(C2CCC(c3cc(F)c4c(c3)CCC(F)(F)C4(F)F)CC2)CC1. The molecule has 0 N–H and O–H groups in total. The molecule has 3 aliphatic rings. The smallest absolute Gasteiger partial charge is 0.206 e. The Hall–Kier alpha value is -1.13. The zero-order valence-corrected chi connectivity index (χ0v) is 19.3. The summed E-state index contributed by atoms with van der Waals surface area (Å²) in [5.74, 6) is -7.23. The van der Waals surface area contributed by atoms with Gasteiger partial charge in [0.05, 0.1) is 5.56 Å². The second-order valence-electron chi connectivity index (χ2n) is 10.7. The van der Waals surface area contributed by atoms with Gasteiger partial charge in [-0.25, -0.2) is 4.39 Å². The van der Waals surface area contributed by atoms with Crippen LogP contribution in [0.4, 0.5) is 22.0 Å². The van der Waals surface area contributed by atoms with E-state index in [1.807, 2.05) is 0 Å². The van der Waals surface area contributed by atoms with Crippen LogP contribution in [0.1, 0.15) is 113 Å². The van der Waals surface area contributed by atoms with Crippen molar-refractivity contribution < 1.29 is 22.0 Å². The predicted molar refractivity (Wildman–Crippen MR) is 118 cm³/mol. The minimum absolute atomic E-state index is 0.0689. The van der Waals surface area contributed by atoms with Crippen molar-refractivity contribution in [2.45, 2.75) is 115 Å². The topological polar surface area (TPSA) is 0 Å². The average Bonchev–Trinajstić information content (AvgIpc) is 2.77. The molecule has 0 spiro atoms. The highest BCUT2D eigenvalue weighted by Gasteiger charge is 2.61. The molecular weight excluding hydrogens is 419 g/mol. The lowest BCUT2D eigenvalue weighted by atomic mass is 9.67. The van der Waals surface area contributed by atoms with Crippen LogP contribution in [0.25, 0.3) is 0 Å². The number of fused-ring (bicyclic) bond motifs is 1. The van der Waals surface area contributed by atoms with Crippen LogP contribution in [-0.2, 0) is 12.3 Å². The van der Waals surface area contributed by atoms with E-state index in [0.29, 0.717) is 5.92 Å². The fourth-order valence-electron chi connectivity index (χ4n) is 6.66. The number of hydrogen-bond acceptors (Lipinski definition) is 0. The monoisotopic (exact) mass is 456 g/mol. The van der Waals surface area contributed by atoms with E-state index in [-0.39, 0.29) is 17.9 Å². The number of hydrogen-bond donors (Lipinski definition) is 0. The molecular formula is C27H37F5. The Balaban J connectivity index is 1.34. The molecule has 1 aromatic rings. The highest BCUT2D eigenvalue weighted by atomic mass is 19.3. The first-order valence-electron chi connectivity index (χ1n) is 12.8. The number of aryl methyl sites for hydroxylation is 1. The highest BCUT2D eigenvalue weighted by Crippen LogP contribution is 2.52. The zero-order chi connectivity index (χ0) is 22.9. The Labute approximate surface area is 189 Å². The maximum atomic E-state index is 14.6. The molecule has 0 saturated heterocycles. The normalized spacial score (nSPS) is 31.8. The molecule has 0 heterocycles. The van der Waals surface area contributed by atoms with E-state index in [1.165, 1.54) is 51.4 Å². The Bertz CT molecular complexity index is 770. The van der Waals surface area contributed by atoms with Crippen molar-refractivity contribution in [2.24, 2.45) is 17.8 Å². The van der Waals surface area contributed by atoms with Crippen LogP contribution in [-0.4, -0.2) is 5.92 Å². The minimum atomic E-state index is -4.43. The first-order valence-corrected chi connectivity index (χ1v) is 12.8. The van der Waals surface area contributed by atoms with Crippen LogP contribution in [0.5, 0.6) is 0 Å². The van der Waals surface area contributed by atoms with E-state index in [0.717, 1.165) is 49.1 Å². The van der Waals surface area contributed by atoms with Gasteiger partial charge in [0.15, 0.2) is 0 Å². The van der Waals surface area contributed by atoms with E-state index in [9.17, 15) is 22.0 Å². The van der Waals surface area contributed by atoms with Gasteiger partial charge in [-0.05, 0) is 85.8 Å². The maximum absolute atomic E-state index is 14.6. The van der Waals surface area contributed by atoms with Crippen LogP contribution in [0.3, 0.4) is 0 Å². The van der Waals surface area contributed by atoms with Gasteiger partial charge in [-0.15, -0.1) is 0 Å². The van der Waals surface area contributed by atoms with Crippen molar-refractivity contribution in [1.29, 1.82) is 0 Å². The number of rotatable bonds is 6. The molecule has 0 radical (unpaired) electrons. The molecule has 5 heteroatoms. The third-order valence-electron chi connectivity index (χ3n) is 8.69. The van der Waals surface area contributed by atoms with E-state index in [1.54, 1.807) is 6.07 Å². The Kier molecular flexibility index (Phi) is 7.22. The second kappa shape index (κ2) is 9.62. The number of benzene rings is 1. The first-order chi connectivity index (χ1) is 15.2. The van der Waals surface area contributed by atoms with Crippen molar-refractivity contribution >= 4 is 0 Å². The molecule has 4 rings (SSSR count). The number of alkyl halides is 4. The van der Waals surface area contributed by atoms with Gasteiger partial charge in [-0.2, -0.15) is 17.6 Å². The van der Waals surface area contributed by atoms with Gasteiger partial charge in [0.25, 0.3) is 0 Å². The van der Waals surface area contributed by atoms with Gasteiger partial charge in [0.2, 0.25) is 0 Å². The molecule has 0 aliphatic heterocycles. The summed E-state index contributed by atoms with van der Waals surface area (Å²) in [6.07, 6.45) is 13.7. The van der Waals surface area contributed by atoms with E-state index >= 15 is 0 Å². The Morgan fingerprint density at radius 1 is 0.844 bits per heavy atom. The van der Waals surface area contributed by atoms with Gasteiger partial charge in [0, 0.05) is 6.42 Å². The summed E-state index contributed by atoms with van der Waals surface area (Å²) >= 11 is 0. The predicted octanol–water partition coefficient (Wildman–Crippen LogP) is 9.16. The fourth-order valence-corrected chi connectivity index (χ4v) is 6.66. The van der Waals surface area contributed by atoms with Crippen LogP contribution in [0, 0.1) is 23.6 Å². The quantitative estimate of drug-likeness (QED) is 0.296. The third kappa shape index (κ3) is 4.73. The van der Waals surface area contributed by atoms with Crippen LogP contribution >= 0.6 is 0 Å². The maximum Gasteiger partial charge on any atom is 0.338 e. The van der Waals surface area contributed by atoms with Gasteiger partial charge in [-0.3, -0.25) is 0 Å². The molecule has 1 aromatic carbocycles. The lowest BCUT2D eigenvalue weighted by molar-refractivity contribution is -0.226. The number of unbranched alkanes of at least 4 members (excludes halogenated alkanes) is 2. The van der Waals surface area contributed by atoms with E-state index < -0.39 is 29.6 Å². The van der Waals surface area contributed by atoms with E-state index in [4.69, 9.17) is 0 Å². The molecule has 3 aliphatic carbocycles. The highest BCUT2D eigenvalue weighted by molar-refractivity contribution is 5.41. The summed E-state index contributed by atoms with van der Waals surface area (Å²) < 4.78 is 70.4.